The molecule has 1 unspecified atom stereocenters. The molecule has 0 spiro atoms. The Morgan fingerprint density at radius 3 is 2.92 bits per heavy atom. The van der Waals surface area contributed by atoms with Crippen molar-refractivity contribution in [2.24, 2.45) is 7.05 Å². The summed E-state index contributed by atoms with van der Waals surface area (Å²) in [5.41, 5.74) is 6.84. The Kier molecular flexibility index (Phi) is 3.29. The molecule has 4 aromatic heterocycles. The Labute approximate surface area is 152 Å². The maximum atomic E-state index is 4.73. The van der Waals surface area contributed by atoms with Crippen LogP contribution in [0, 0.1) is 0 Å². The van der Waals surface area contributed by atoms with Crippen molar-refractivity contribution in [3.63, 3.8) is 0 Å². The number of aromatic nitrogens is 8. The fourth-order valence-corrected chi connectivity index (χ4v) is 3.68. The fourth-order valence-electron chi connectivity index (χ4n) is 2.96. The minimum absolute atomic E-state index is 0.0232. The average Bonchev–Trinajstić information content (AvgIpc) is 3.38. The van der Waals surface area contributed by atoms with E-state index in [0.29, 0.717) is 11.3 Å². The second-order valence-electron chi connectivity index (χ2n) is 6.09. The molecule has 0 N–H and O–H groups in total. The molecule has 128 valence electrons. The van der Waals surface area contributed by atoms with E-state index in [2.05, 4.69) is 44.4 Å². The molecule has 5 aromatic rings. The van der Waals surface area contributed by atoms with E-state index in [1.54, 1.807) is 28.4 Å². The second-order valence-corrected chi connectivity index (χ2v) is 6.98. The first kappa shape index (κ1) is 15.1. The summed E-state index contributed by atoms with van der Waals surface area (Å²) in [7, 11) is 1.87. The van der Waals surface area contributed by atoms with Crippen LogP contribution >= 0.6 is 11.3 Å². The minimum atomic E-state index is -0.0232. The molecule has 0 aliphatic carbocycles. The average molecular weight is 362 g/mol. The van der Waals surface area contributed by atoms with Crippen molar-refractivity contribution in [1.29, 1.82) is 0 Å². The molecule has 0 bridgehead atoms. The van der Waals surface area contributed by atoms with Gasteiger partial charge in [0.25, 0.3) is 0 Å². The standard InChI is InChI=1S/C17H14N8S/c1-10(11-3-4-13-15(5-11)26-9-19-13)25-17-16(22-23-25)18-7-14(21-17)12-6-20-24(2)8-12/h3-10H,1-2H3. The van der Waals surface area contributed by atoms with E-state index in [1.165, 1.54) is 0 Å². The molecular formula is C17H14N8S. The van der Waals surface area contributed by atoms with Gasteiger partial charge in [0.05, 0.1) is 39.9 Å². The molecule has 0 radical (unpaired) electrons. The monoisotopic (exact) mass is 362 g/mol. The lowest BCUT2D eigenvalue weighted by Gasteiger charge is -2.12. The number of hydrogen-bond donors (Lipinski definition) is 0. The molecule has 5 rings (SSSR count). The summed E-state index contributed by atoms with van der Waals surface area (Å²) in [6.07, 6.45) is 5.38. The highest BCUT2D eigenvalue weighted by Gasteiger charge is 2.17. The Balaban J connectivity index is 1.61. The zero-order valence-electron chi connectivity index (χ0n) is 14.1. The number of rotatable bonds is 3. The van der Waals surface area contributed by atoms with E-state index < -0.39 is 0 Å². The van der Waals surface area contributed by atoms with Crippen LogP contribution in [0.3, 0.4) is 0 Å². The third kappa shape index (κ3) is 2.36. The normalized spacial score (nSPS) is 12.8. The van der Waals surface area contributed by atoms with Crippen molar-refractivity contribution in [2.75, 3.05) is 0 Å². The highest BCUT2D eigenvalue weighted by atomic mass is 32.1. The lowest BCUT2D eigenvalue weighted by Crippen LogP contribution is -2.09. The first-order valence-corrected chi connectivity index (χ1v) is 8.97. The van der Waals surface area contributed by atoms with Crippen LogP contribution < -0.4 is 0 Å². The Morgan fingerprint density at radius 2 is 2.08 bits per heavy atom. The molecule has 9 heteroatoms. The first-order chi connectivity index (χ1) is 12.7. The van der Waals surface area contributed by atoms with Gasteiger partial charge in [-0.05, 0) is 24.6 Å². The summed E-state index contributed by atoms with van der Waals surface area (Å²) in [6.45, 7) is 2.08. The van der Waals surface area contributed by atoms with Gasteiger partial charge >= 0.3 is 0 Å². The first-order valence-electron chi connectivity index (χ1n) is 8.09. The summed E-state index contributed by atoms with van der Waals surface area (Å²) in [6, 6.07) is 6.22. The van der Waals surface area contributed by atoms with Gasteiger partial charge in [-0.2, -0.15) is 5.10 Å². The quantitative estimate of drug-likeness (QED) is 0.490. The Hall–Kier alpha value is -3.20. The van der Waals surface area contributed by atoms with Crippen molar-refractivity contribution in [1.82, 2.24) is 39.7 Å². The van der Waals surface area contributed by atoms with Crippen molar-refractivity contribution in [2.45, 2.75) is 13.0 Å². The van der Waals surface area contributed by atoms with Gasteiger partial charge in [0.2, 0.25) is 5.65 Å². The van der Waals surface area contributed by atoms with Gasteiger partial charge in [-0.3, -0.25) is 4.68 Å². The van der Waals surface area contributed by atoms with E-state index in [1.807, 2.05) is 29.5 Å². The van der Waals surface area contributed by atoms with Crippen molar-refractivity contribution in [3.8, 4) is 11.3 Å². The smallest absolute Gasteiger partial charge is 0.221 e. The molecule has 26 heavy (non-hydrogen) atoms. The third-order valence-corrected chi connectivity index (χ3v) is 5.19. The number of benzene rings is 1. The molecule has 1 aromatic carbocycles. The van der Waals surface area contributed by atoms with Crippen LogP contribution in [0.15, 0.2) is 42.3 Å². The molecule has 8 nitrogen and oxygen atoms in total. The van der Waals surface area contributed by atoms with Gasteiger partial charge in [-0.25, -0.2) is 19.6 Å². The number of fused-ring (bicyclic) bond motifs is 2. The molecular weight excluding hydrogens is 348 g/mol. The number of nitrogens with zero attached hydrogens (tertiary/aromatic N) is 8. The van der Waals surface area contributed by atoms with E-state index in [9.17, 15) is 0 Å². The van der Waals surface area contributed by atoms with Crippen molar-refractivity contribution >= 4 is 32.8 Å². The maximum Gasteiger partial charge on any atom is 0.221 e. The van der Waals surface area contributed by atoms with Gasteiger partial charge in [0, 0.05) is 18.8 Å². The zero-order valence-corrected chi connectivity index (χ0v) is 14.9. The fraction of sp³-hybridized carbons (Fsp3) is 0.176. The molecule has 1 atom stereocenters. The summed E-state index contributed by atoms with van der Waals surface area (Å²) < 4.78 is 4.70. The van der Waals surface area contributed by atoms with Crippen LogP contribution in [-0.2, 0) is 7.05 Å². The summed E-state index contributed by atoms with van der Waals surface area (Å²) in [5.74, 6) is 0. The maximum absolute atomic E-state index is 4.73. The zero-order chi connectivity index (χ0) is 17.7. The highest BCUT2D eigenvalue weighted by molar-refractivity contribution is 7.16. The second kappa shape index (κ2) is 5.67. The largest absolute Gasteiger partial charge is 0.275 e. The van der Waals surface area contributed by atoms with Crippen LogP contribution in [-0.4, -0.2) is 39.7 Å². The summed E-state index contributed by atoms with van der Waals surface area (Å²) >= 11 is 1.63. The van der Waals surface area contributed by atoms with Gasteiger partial charge in [-0.15, -0.1) is 16.4 Å². The van der Waals surface area contributed by atoms with Crippen LogP contribution in [0.5, 0.6) is 0 Å². The Bertz CT molecular complexity index is 1230. The minimum Gasteiger partial charge on any atom is -0.275 e. The van der Waals surface area contributed by atoms with Crippen molar-refractivity contribution < 1.29 is 0 Å². The van der Waals surface area contributed by atoms with Gasteiger partial charge < -0.3 is 0 Å². The lowest BCUT2D eigenvalue weighted by atomic mass is 10.1. The molecule has 0 saturated carbocycles. The van der Waals surface area contributed by atoms with Gasteiger partial charge in [0.15, 0.2) is 5.65 Å². The van der Waals surface area contributed by atoms with E-state index in [-0.39, 0.29) is 6.04 Å². The molecule has 0 amide bonds. The highest BCUT2D eigenvalue weighted by Crippen LogP contribution is 2.26. The topological polar surface area (TPSA) is 87.2 Å². The van der Waals surface area contributed by atoms with E-state index >= 15 is 0 Å². The van der Waals surface area contributed by atoms with Crippen LogP contribution in [0.2, 0.25) is 0 Å². The van der Waals surface area contributed by atoms with Crippen LogP contribution in [0.1, 0.15) is 18.5 Å². The molecule has 4 heterocycles. The number of hydrogen-bond acceptors (Lipinski definition) is 7. The third-order valence-electron chi connectivity index (χ3n) is 4.39. The summed E-state index contributed by atoms with van der Waals surface area (Å²) in [4.78, 5) is 13.5. The van der Waals surface area contributed by atoms with Gasteiger partial charge in [0.1, 0.15) is 0 Å². The molecule has 0 fully saturated rings. The van der Waals surface area contributed by atoms with Gasteiger partial charge in [-0.1, -0.05) is 11.3 Å². The van der Waals surface area contributed by atoms with Crippen molar-refractivity contribution in [3.05, 3.63) is 47.9 Å². The Morgan fingerprint density at radius 1 is 1.15 bits per heavy atom. The summed E-state index contributed by atoms with van der Waals surface area (Å²) in [5, 5.41) is 12.7. The predicted molar refractivity (Wildman–Crippen MR) is 98.8 cm³/mol. The lowest BCUT2D eigenvalue weighted by molar-refractivity contribution is 0.556. The number of aryl methyl sites for hydroxylation is 1. The van der Waals surface area contributed by atoms with E-state index in [4.69, 9.17) is 4.98 Å². The van der Waals surface area contributed by atoms with Crippen LogP contribution in [0.25, 0.3) is 32.8 Å². The SMILES string of the molecule is CC(c1ccc2ncsc2c1)n1nnc2ncc(-c3cnn(C)c3)nc21. The number of thiazole rings is 1. The predicted octanol–water partition coefficient (Wildman–Crippen LogP) is 2.84. The molecule has 0 saturated heterocycles. The molecule has 0 aliphatic heterocycles. The van der Waals surface area contributed by atoms with E-state index in [0.717, 1.165) is 27.0 Å². The van der Waals surface area contributed by atoms with Crippen LogP contribution in [0.4, 0.5) is 0 Å². The molecule has 0 aliphatic rings.